The lowest BCUT2D eigenvalue weighted by atomic mass is 10.1. The summed E-state index contributed by atoms with van der Waals surface area (Å²) < 4.78 is 10.4. The number of benzene rings is 2. The summed E-state index contributed by atoms with van der Waals surface area (Å²) in [4.78, 5) is 23.0. The van der Waals surface area contributed by atoms with Crippen molar-refractivity contribution in [1.82, 2.24) is 5.32 Å². The van der Waals surface area contributed by atoms with Crippen LogP contribution in [-0.2, 0) is 6.54 Å². The summed E-state index contributed by atoms with van der Waals surface area (Å²) in [5.74, 6) is -0.103. The molecular weight excluding hydrogens is 286 g/mol. The lowest BCUT2D eigenvalue weighted by Gasteiger charge is -2.07. The van der Waals surface area contributed by atoms with Crippen molar-refractivity contribution in [2.75, 3.05) is 6.79 Å². The molecule has 0 unspecified atom stereocenters. The second-order valence-corrected chi connectivity index (χ2v) is 4.76. The molecule has 1 aliphatic rings. The molecule has 6 nitrogen and oxygen atoms in total. The molecule has 2 aromatic rings. The summed E-state index contributed by atoms with van der Waals surface area (Å²) in [6.45, 7) is 0.400. The molecule has 2 aromatic carbocycles. The molecule has 0 radical (unpaired) electrons. The predicted octanol–water partition coefficient (Wildman–Crippen LogP) is 2.04. The van der Waals surface area contributed by atoms with Crippen LogP contribution in [0.3, 0.4) is 0 Å². The van der Waals surface area contributed by atoms with Crippen molar-refractivity contribution >= 4 is 11.9 Å². The number of carbonyl (C=O) groups excluding carboxylic acids is 1. The molecule has 0 saturated heterocycles. The maximum atomic E-state index is 12.1. The van der Waals surface area contributed by atoms with Crippen LogP contribution in [0.1, 0.15) is 26.3 Å². The molecule has 1 aliphatic heterocycles. The number of carboxylic acid groups (broad SMARTS) is 1. The lowest BCUT2D eigenvalue weighted by molar-refractivity contribution is 0.0696. The Morgan fingerprint density at radius 2 is 1.86 bits per heavy atom. The Balaban J connectivity index is 1.67. The topological polar surface area (TPSA) is 84.9 Å². The quantitative estimate of drug-likeness (QED) is 0.902. The Morgan fingerprint density at radius 1 is 1.05 bits per heavy atom. The molecule has 1 heterocycles. The summed E-state index contributed by atoms with van der Waals surface area (Å²) in [6.07, 6.45) is 0. The molecule has 2 N–H and O–H groups in total. The minimum absolute atomic E-state index is 0.155. The van der Waals surface area contributed by atoms with Gasteiger partial charge in [-0.3, -0.25) is 4.79 Å². The number of aromatic carboxylic acids is 1. The van der Waals surface area contributed by atoms with Crippen LogP contribution < -0.4 is 14.8 Å². The first-order chi connectivity index (χ1) is 10.6. The molecule has 0 saturated carbocycles. The van der Waals surface area contributed by atoms with Gasteiger partial charge in [-0.2, -0.15) is 0 Å². The molecule has 0 spiro atoms. The van der Waals surface area contributed by atoms with Gasteiger partial charge in [-0.15, -0.1) is 0 Å². The third kappa shape index (κ3) is 2.85. The zero-order valence-electron chi connectivity index (χ0n) is 11.5. The number of carbonyl (C=O) groups is 2. The number of rotatable bonds is 4. The van der Waals surface area contributed by atoms with E-state index in [9.17, 15) is 9.59 Å². The van der Waals surface area contributed by atoms with E-state index in [1.54, 1.807) is 30.3 Å². The van der Waals surface area contributed by atoms with Crippen LogP contribution in [0.4, 0.5) is 0 Å². The summed E-state index contributed by atoms with van der Waals surface area (Å²) >= 11 is 0. The van der Waals surface area contributed by atoms with Gasteiger partial charge in [0, 0.05) is 12.1 Å². The number of hydrogen-bond donors (Lipinski definition) is 2. The van der Waals surface area contributed by atoms with E-state index in [0.29, 0.717) is 22.6 Å². The van der Waals surface area contributed by atoms with Crippen LogP contribution in [-0.4, -0.2) is 23.8 Å². The van der Waals surface area contributed by atoms with Gasteiger partial charge < -0.3 is 19.9 Å². The average molecular weight is 299 g/mol. The van der Waals surface area contributed by atoms with Crippen molar-refractivity contribution in [3.05, 3.63) is 59.2 Å². The van der Waals surface area contributed by atoms with Crippen LogP contribution in [0.25, 0.3) is 0 Å². The van der Waals surface area contributed by atoms with Crippen molar-refractivity contribution < 1.29 is 24.2 Å². The highest BCUT2D eigenvalue weighted by Gasteiger charge is 2.16. The van der Waals surface area contributed by atoms with Crippen LogP contribution in [0.15, 0.2) is 42.5 Å². The van der Waals surface area contributed by atoms with E-state index in [0.717, 1.165) is 0 Å². The lowest BCUT2D eigenvalue weighted by Crippen LogP contribution is -2.22. The van der Waals surface area contributed by atoms with E-state index in [-0.39, 0.29) is 24.8 Å². The Hall–Kier alpha value is -3.02. The van der Waals surface area contributed by atoms with Crippen molar-refractivity contribution in [3.63, 3.8) is 0 Å². The smallest absolute Gasteiger partial charge is 0.335 e. The number of nitrogens with one attached hydrogen (secondary N) is 1. The highest BCUT2D eigenvalue weighted by Crippen LogP contribution is 2.32. The first-order valence-electron chi connectivity index (χ1n) is 6.63. The van der Waals surface area contributed by atoms with E-state index in [1.807, 2.05) is 0 Å². The molecule has 112 valence electrons. The molecule has 22 heavy (non-hydrogen) atoms. The first-order valence-corrected chi connectivity index (χ1v) is 6.63. The summed E-state index contributed by atoms with van der Waals surface area (Å²) in [5, 5.41) is 11.7. The van der Waals surface area contributed by atoms with E-state index in [1.165, 1.54) is 12.1 Å². The van der Waals surface area contributed by atoms with Crippen molar-refractivity contribution in [2.24, 2.45) is 0 Å². The highest BCUT2D eigenvalue weighted by molar-refractivity contribution is 5.95. The minimum atomic E-state index is -0.996. The van der Waals surface area contributed by atoms with Crippen LogP contribution in [0.2, 0.25) is 0 Å². The second kappa shape index (κ2) is 5.77. The van der Waals surface area contributed by atoms with E-state index >= 15 is 0 Å². The molecule has 1 amide bonds. The fraction of sp³-hybridized carbons (Fsp3) is 0.125. The Bertz CT molecular complexity index is 741. The van der Waals surface area contributed by atoms with Gasteiger partial charge in [0.1, 0.15) is 0 Å². The van der Waals surface area contributed by atoms with Crippen LogP contribution in [0, 0.1) is 0 Å². The number of amides is 1. The van der Waals surface area contributed by atoms with Gasteiger partial charge >= 0.3 is 5.97 Å². The maximum absolute atomic E-state index is 12.1. The number of ether oxygens (including phenoxy) is 2. The van der Waals surface area contributed by atoms with Gasteiger partial charge in [-0.1, -0.05) is 12.1 Å². The molecule has 0 aromatic heterocycles. The zero-order chi connectivity index (χ0) is 15.5. The zero-order valence-corrected chi connectivity index (χ0v) is 11.5. The largest absolute Gasteiger partial charge is 0.478 e. The molecule has 3 rings (SSSR count). The molecular formula is C16H13NO5. The normalized spacial score (nSPS) is 12.0. The summed E-state index contributed by atoms with van der Waals surface area (Å²) in [5.41, 5.74) is 1.36. The fourth-order valence-electron chi connectivity index (χ4n) is 2.14. The van der Waals surface area contributed by atoms with Gasteiger partial charge in [0.05, 0.1) is 5.56 Å². The van der Waals surface area contributed by atoms with Gasteiger partial charge in [0.25, 0.3) is 5.91 Å². The number of fused-ring (bicyclic) bond motifs is 1. The third-order valence-electron chi connectivity index (χ3n) is 3.26. The fourth-order valence-corrected chi connectivity index (χ4v) is 2.14. The van der Waals surface area contributed by atoms with Gasteiger partial charge in [0.15, 0.2) is 11.5 Å². The molecule has 0 aliphatic carbocycles. The maximum Gasteiger partial charge on any atom is 0.335 e. The van der Waals surface area contributed by atoms with Crippen molar-refractivity contribution in [1.29, 1.82) is 0 Å². The molecule has 0 fully saturated rings. The number of hydrogen-bond acceptors (Lipinski definition) is 4. The predicted molar refractivity (Wildman–Crippen MR) is 77.1 cm³/mol. The first kappa shape index (κ1) is 13.9. The number of carboxylic acids is 1. The SMILES string of the molecule is O=C(O)c1cccc(CNC(=O)c2ccc3c(c2)OCO3)c1. The Kier molecular flexibility index (Phi) is 3.65. The van der Waals surface area contributed by atoms with E-state index in [4.69, 9.17) is 14.6 Å². The van der Waals surface area contributed by atoms with Crippen LogP contribution >= 0.6 is 0 Å². The minimum Gasteiger partial charge on any atom is -0.478 e. The van der Waals surface area contributed by atoms with E-state index in [2.05, 4.69) is 5.32 Å². The Labute approximate surface area is 126 Å². The highest BCUT2D eigenvalue weighted by atomic mass is 16.7. The van der Waals surface area contributed by atoms with Crippen molar-refractivity contribution in [3.8, 4) is 11.5 Å². The van der Waals surface area contributed by atoms with Crippen molar-refractivity contribution in [2.45, 2.75) is 6.54 Å². The second-order valence-electron chi connectivity index (χ2n) is 4.76. The molecule has 0 atom stereocenters. The van der Waals surface area contributed by atoms with Gasteiger partial charge in [-0.25, -0.2) is 4.79 Å². The van der Waals surface area contributed by atoms with Gasteiger partial charge in [0.2, 0.25) is 6.79 Å². The molecule has 6 heteroatoms. The van der Waals surface area contributed by atoms with Crippen LogP contribution in [0.5, 0.6) is 11.5 Å². The van der Waals surface area contributed by atoms with Gasteiger partial charge in [-0.05, 0) is 35.9 Å². The monoisotopic (exact) mass is 299 g/mol. The Morgan fingerprint density at radius 3 is 2.68 bits per heavy atom. The average Bonchev–Trinajstić information content (AvgIpc) is 3.00. The third-order valence-corrected chi connectivity index (χ3v) is 3.26. The van der Waals surface area contributed by atoms with E-state index < -0.39 is 5.97 Å². The summed E-state index contributed by atoms with van der Waals surface area (Å²) in [7, 11) is 0. The summed E-state index contributed by atoms with van der Waals surface area (Å²) in [6, 6.07) is 11.4. The standard InChI is InChI=1S/C16H13NO5/c18-15(11-4-5-13-14(7-11)22-9-21-13)17-8-10-2-1-3-12(6-10)16(19)20/h1-7H,8-9H2,(H,17,18)(H,19,20). The molecule has 0 bridgehead atoms.